The van der Waals surface area contributed by atoms with Crippen LogP contribution in [0, 0.1) is 29.1 Å². The van der Waals surface area contributed by atoms with Gasteiger partial charge in [0.1, 0.15) is 0 Å². The monoisotopic (exact) mass is 730 g/mol. The van der Waals surface area contributed by atoms with Crippen molar-refractivity contribution >= 4 is 8.83 Å². The predicted octanol–water partition coefficient (Wildman–Crippen LogP) is 10.3. The number of benzene rings is 3. The van der Waals surface area contributed by atoms with E-state index < -0.39 is 59.3 Å². The quantitative estimate of drug-likeness (QED) is 0.109. The van der Waals surface area contributed by atoms with Crippen molar-refractivity contribution < 1.29 is 42.9 Å². The van der Waals surface area contributed by atoms with Gasteiger partial charge in [-0.05, 0) is 0 Å². The molecule has 41 heavy (non-hydrogen) atoms. The molecule has 0 heterocycles. The van der Waals surface area contributed by atoms with Gasteiger partial charge in [-0.2, -0.15) is 0 Å². The van der Waals surface area contributed by atoms with Gasteiger partial charge in [0.05, 0.1) is 0 Å². The van der Waals surface area contributed by atoms with Gasteiger partial charge in [-0.25, -0.2) is 0 Å². The fourth-order valence-corrected chi connectivity index (χ4v) is 19.1. The Morgan fingerprint density at radius 3 is 1.51 bits per heavy atom. The van der Waals surface area contributed by atoms with Gasteiger partial charge in [0.2, 0.25) is 0 Å². The zero-order valence-corrected chi connectivity index (χ0v) is 28.3. The van der Waals surface area contributed by atoms with E-state index in [9.17, 15) is 13.2 Å². The van der Waals surface area contributed by atoms with E-state index in [0.717, 1.165) is 11.1 Å². The van der Waals surface area contributed by atoms with E-state index in [1.807, 2.05) is 6.08 Å². The van der Waals surface area contributed by atoms with Crippen LogP contribution in [0.1, 0.15) is 86.9 Å². The maximum absolute atomic E-state index is 15.1. The van der Waals surface area contributed by atoms with E-state index in [1.54, 1.807) is 6.08 Å². The second-order valence-electron chi connectivity index (χ2n) is 13.4. The first-order valence-electron chi connectivity index (χ1n) is 13.9. The normalized spacial score (nSPS) is 16.6. The summed E-state index contributed by atoms with van der Waals surface area (Å²) < 4.78 is 73.8. The van der Waals surface area contributed by atoms with E-state index >= 15 is 8.78 Å². The van der Waals surface area contributed by atoms with Crippen LogP contribution in [0.25, 0.3) is 16.7 Å². The molecule has 0 aromatic heterocycles. The standard InChI is InChI=1S/C21H25.C11H4F5.C3H6.Hf/c1-20(2,3)16-7-9-18-14(12-16)11-15-13-17(21(4,5)6)8-10-19(15)18;12-7-6(5-3-1-2-4-5)8(13)10(15)11(16)9(7)14;1-3-2;/h7-13H,1-6H3;1-4H;1-2H3;. The number of fused-ring (bicyclic) bond motifs is 3. The Hall–Kier alpha value is -2.47. The molecule has 0 amide bonds. The molecule has 0 nitrogen and oxygen atoms in total. The molecule has 214 valence electrons. The van der Waals surface area contributed by atoms with Gasteiger partial charge < -0.3 is 0 Å². The molecule has 0 bridgehead atoms. The van der Waals surface area contributed by atoms with Crippen LogP contribution < -0.4 is 0 Å². The molecule has 0 radical (unpaired) electrons. The fourth-order valence-electron chi connectivity index (χ4n) is 6.15. The van der Waals surface area contributed by atoms with Crippen molar-refractivity contribution in [1.82, 2.24) is 0 Å². The summed E-state index contributed by atoms with van der Waals surface area (Å²) in [5.41, 5.74) is 6.34. The van der Waals surface area contributed by atoms with E-state index in [1.165, 1.54) is 31.6 Å². The van der Waals surface area contributed by atoms with E-state index in [0.29, 0.717) is 0 Å². The summed E-state index contributed by atoms with van der Waals surface area (Å²) in [7, 11) is 0. The molecular weight excluding hydrogens is 694 g/mol. The van der Waals surface area contributed by atoms with E-state index in [2.05, 4.69) is 91.8 Å². The van der Waals surface area contributed by atoms with Crippen LogP contribution in [0.4, 0.5) is 22.0 Å². The van der Waals surface area contributed by atoms with Crippen molar-refractivity contribution in [3.8, 4) is 11.1 Å². The van der Waals surface area contributed by atoms with Crippen molar-refractivity contribution in [3.63, 3.8) is 0 Å². The van der Waals surface area contributed by atoms with Crippen LogP contribution >= 0.6 is 0 Å². The molecule has 3 aromatic carbocycles. The summed E-state index contributed by atoms with van der Waals surface area (Å²) in [6, 6.07) is 13.3. The van der Waals surface area contributed by atoms with Crippen molar-refractivity contribution in [2.24, 2.45) is 0 Å². The van der Waals surface area contributed by atoms with Gasteiger partial charge in [0.15, 0.2) is 0 Å². The molecule has 3 aromatic rings. The Morgan fingerprint density at radius 2 is 1.10 bits per heavy atom. The van der Waals surface area contributed by atoms with Gasteiger partial charge in [0, 0.05) is 0 Å². The Balaban J connectivity index is 1.77. The molecule has 0 N–H and O–H groups in total. The zero-order chi connectivity index (χ0) is 30.2. The molecule has 0 saturated carbocycles. The third-order valence-corrected chi connectivity index (χ3v) is 21.2. The Kier molecular flexibility index (Phi) is 7.58. The SMILES string of the molecule is C[C](C)=[Hf]([CH]1C=CC=C1c1c(F)c(F)c(F)c(F)c1F)[CH]1c2cc(C(C)(C)C)ccc2-c2ccc(C(C)(C)C)cc21. The molecule has 0 spiro atoms. The topological polar surface area (TPSA) is 0 Å². The van der Waals surface area contributed by atoms with Crippen LogP contribution in [0.3, 0.4) is 0 Å². The van der Waals surface area contributed by atoms with Crippen LogP contribution in [0.15, 0.2) is 54.6 Å². The van der Waals surface area contributed by atoms with Crippen molar-refractivity contribution in [3.05, 3.63) is 112 Å². The molecule has 2 aliphatic carbocycles. The summed E-state index contributed by atoms with van der Waals surface area (Å²) in [5.74, 6) is -9.48. The average Bonchev–Trinajstić information content (AvgIpc) is 3.48. The zero-order valence-electron chi connectivity index (χ0n) is 24.7. The van der Waals surface area contributed by atoms with Crippen LogP contribution in [0.5, 0.6) is 0 Å². The summed E-state index contributed by atoms with van der Waals surface area (Å²) in [6.07, 6.45) is 5.16. The van der Waals surface area contributed by atoms with Crippen LogP contribution in [-0.2, 0) is 31.8 Å². The number of hydrogen-bond acceptors (Lipinski definition) is 0. The van der Waals surface area contributed by atoms with Gasteiger partial charge in [0.25, 0.3) is 0 Å². The van der Waals surface area contributed by atoms with Gasteiger partial charge in [-0.1, -0.05) is 0 Å². The molecule has 0 fully saturated rings. The molecular formula is C35H35F5Hf. The van der Waals surface area contributed by atoms with Crippen LogP contribution in [-0.4, -0.2) is 3.26 Å². The molecule has 1 atom stereocenters. The Labute approximate surface area is 247 Å². The summed E-state index contributed by atoms with van der Waals surface area (Å²) in [6.45, 7) is 17.2. The number of allylic oxidation sites excluding steroid dienone is 4. The third kappa shape index (κ3) is 4.98. The fraction of sp³-hybridized carbons (Fsp3) is 0.343. The molecule has 5 rings (SSSR count). The van der Waals surface area contributed by atoms with Crippen molar-refractivity contribution in [2.45, 2.75) is 73.6 Å². The summed E-state index contributed by atoms with van der Waals surface area (Å²) >= 11 is -3.30. The number of hydrogen-bond donors (Lipinski definition) is 0. The first kappa shape index (κ1) is 30.0. The maximum atomic E-state index is 15.1. The molecule has 1 unspecified atom stereocenters. The second-order valence-corrected chi connectivity index (χ2v) is 24.6. The summed E-state index contributed by atoms with van der Waals surface area (Å²) in [4.78, 5) is 0. The first-order chi connectivity index (χ1) is 19.0. The minimum atomic E-state index is -3.30. The van der Waals surface area contributed by atoms with Crippen molar-refractivity contribution in [2.75, 3.05) is 0 Å². The molecule has 0 aliphatic heterocycles. The molecule has 0 saturated heterocycles. The third-order valence-electron chi connectivity index (χ3n) is 8.38. The average molecular weight is 729 g/mol. The first-order valence-corrected chi connectivity index (χ1v) is 19.8. The minimum absolute atomic E-state index is 0.0250. The van der Waals surface area contributed by atoms with Crippen molar-refractivity contribution in [1.29, 1.82) is 0 Å². The number of halogens is 5. The van der Waals surface area contributed by atoms with Crippen LogP contribution in [0.2, 0.25) is 3.67 Å². The van der Waals surface area contributed by atoms with E-state index in [4.69, 9.17) is 0 Å². The second kappa shape index (κ2) is 10.4. The molecule has 2 aliphatic rings. The Morgan fingerprint density at radius 1 is 0.659 bits per heavy atom. The molecule has 6 heteroatoms. The summed E-state index contributed by atoms with van der Waals surface area (Å²) in [5, 5.41) is 0. The predicted molar refractivity (Wildman–Crippen MR) is 155 cm³/mol. The number of rotatable bonds is 3. The van der Waals surface area contributed by atoms with Gasteiger partial charge in [-0.15, -0.1) is 0 Å². The Bertz CT molecular complexity index is 1580. The van der Waals surface area contributed by atoms with Gasteiger partial charge in [-0.3, -0.25) is 0 Å². The van der Waals surface area contributed by atoms with Gasteiger partial charge >= 0.3 is 248 Å². The van der Waals surface area contributed by atoms with E-state index in [-0.39, 0.29) is 20.1 Å².